The second kappa shape index (κ2) is 7.73. The highest BCUT2D eigenvalue weighted by Gasteiger charge is 2.23. The van der Waals surface area contributed by atoms with Crippen molar-refractivity contribution in [3.8, 4) is 5.75 Å². The molecule has 0 saturated carbocycles. The van der Waals surface area contributed by atoms with Gasteiger partial charge in [0.15, 0.2) is 11.9 Å². The van der Waals surface area contributed by atoms with Crippen molar-refractivity contribution in [3.05, 3.63) is 46.6 Å². The van der Waals surface area contributed by atoms with Crippen LogP contribution in [-0.4, -0.2) is 38.1 Å². The lowest BCUT2D eigenvalue weighted by molar-refractivity contribution is -0.124. The van der Waals surface area contributed by atoms with Gasteiger partial charge in [0.2, 0.25) is 0 Å². The van der Waals surface area contributed by atoms with Gasteiger partial charge >= 0.3 is 0 Å². The van der Waals surface area contributed by atoms with Crippen LogP contribution >= 0.6 is 23.2 Å². The van der Waals surface area contributed by atoms with E-state index in [1.165, 1.54) is 4.90 Å². The van der Waals surface area contributed by atoms with Gasteiger partial charge in [-0.15, -0.1) is 0 Å². The summed E-state index contributed by atoms with van der Waals surface area (Å²) in [7, 11) is 5.44. The molecular formula is C17H19Cl2N3O2. The average Bonchev–Trinajstić information content (AvgIpc) is 2.55. The van der Waals surface area contributed by atoms with Gasteiger partial charge < -0.3 is 14.5 Å². The first-order valence-electron chi connectivity index (χ1n) is 7.33. The van der Waals surface area contributed by atoms with Crippen molar-refractivity contribution in [1.29, 1.82) is 0 Å². The number of benzene rings is 1. The maximum Gasteiger partial charge on any atom is 0.267 e. The third-order valence-electron chi connectivity index (χ3n) is 3.43. The van der Waals surface area contributed by atoms with Gasteiger partial charge in [-0.1, -0.05) is 23.2 Å². The summed E-state index contributed by atoms with van der Waals surface area (Å²) in [5.74, 6) is 0.900. The summed E-state index contributed by atoms with van der Waals surface area (Å²) in [4.78, 5) is 20.4. The zero-order chi connectivity index (χ0) is 17.9. The number of aromatic nitrogens is 1. The number of hydrogen-bond donors (Lipinski definition) is 0. The highest BCUT2D eigenvalue weighted by atomic mass is 35.5. The second-order valence-corrected chi connectivity index (χ2v) is 6.32. The number of anilines is 2. The summed E-state index contributed by atoms with van der Waals surface area (Å²) in [6.07, 6.45) is 0.966. The summed E-state index contributed by atoms with van der Waals surface area (Å²) in [5, 5.41) is 0.870. The molecule has 0 aliphatic carbocycles. The zero-order valence-electron chi connectivity index (χ0n) is 14.0. The van der Waals surface area contributed by atoms with E-state index >= 15 is 0 Å². The lowest BCUT2D eigenvalue weighted by atomic mass is 10.2. The number of ether oxygens (including phenoxy) is 1. The molecule has 1 heterocycles. The fourth-order valence-corrected chi connectivity index (χ4v) is 2.65. The topological polar surface area (TPSA) is 45.7 Å². The standard InChI is InChI=1S/C17H19Cl2N3O2/c1-11(24-15-8-7-12(18)10-13(15)19)17(23)22(4)14-6-5-9-20-16(14)21(2)3/h5-11H,1-4H3. The number of halogens is 2. The predicted octanol–water partition coefficient (Wildman–Crippen LogP) is 3.88. The van der Waals surface area contributed by atoms with Crippen molar-refractivity contribution in [3.63, 3.8) is 0 Å². The summed E-state index contributed by atoms with van der Waals surface area (Å²) in [6.45, 7) is 1.68. The Kier molecular flexibility index (Phi) is 5.91. The van der Waals surface area contributed by atoms with Crippen LogP contribution in [0.5, 0.6) is 5.75 Å². The summed E-state index contributed by atoms with van der Waals surface area (Å²) in [6, 6.07) is 8.50. The van der Waals surface area contributed by atoms with Gasteiger partial charge in [0.25, 0.3) is 5.91 Å². The average molecular weight is 368 g/mol. The van der Waals surface area contributed by atoms with Crippen molar-refractivity contribution < 1.29 is 9.53 Å². The van der Waals surface area contributed by atoms with Crippen LogP contribution in [0.1, 0.15) is 6.92 Å². The number of nitrogens with zero attached hydrogens (tertiary/aromatic N) is 3. The van der Waals surface area contributed by atoms with E-state index in [4.69, 9.17) is 27.9 Å². The molecule has 0 spiro atoms. The maximum atomic E-state index is 12.7. The van der Waals surface area contributed by atoms with Crippen molar-refractivity contribution in [2.24, 2.45) is 0 Å². The summed E-state index contributed by atoms with van der Waals surface area (Å²) < 4.78 is 5.69. The van der Waals surface area contributed by atoms with E-state index in [-0.39, 0.29) is 5.91 Å². The molecule has 0 aliphatic rings. The Bertz CT molecular complexity index is 738. The van der Waals surface area contributed by atoms with Crippen molar-refractivity contribution in [1.82, 2.24) is 4.98 Å². The van der Waals surface area contributed by atoms with Gasteiger partial charge in [-0.25, -0.2) is 4.98 Å². The lowest BCUT2D eigenvalue weighted by Crippen LogP contribution is -2.38. The first-order chi connectivity index (χ1) is 11.3. The molecule has 0 fully saturated rings. The molecule has 1 unspecified atom stereocenters. The van der Waals surface area contributed by atoms with E-state index in [1.54, 1.807) is 44.4 Å². The van der Waals surface area contributed by atoms with Crippen LogP contribution in [-0.2, 0) is 4.79 Å². The van der Waals surface area contributed by atoms with E-state index in [2.05, 4.69) is 4.98 Å². The molecule has 1 amide bonds. The van der Waals surface area contributed by atoms with Crippen LogP contribution in [0.2, 0.25) is 10.0 Å². The summed E-state index contributed by atoms with van der Waals surface area (Å²) in [5.41, 5.74) is 0.699. The first kappa shape index (κ1) is 18.4. The predicted molar refractivity (Wildman–Crippen MR) is 98.5 cm³/mol. The molecule has 128 valence electrons. The van der Waals surface area contributed by atoms with Crippen LogP contribution in [0.3, 0.4) is 0 Å². The fraction of sp³-hybridized carbons (Fsp3) is 0.294. The van der Waals surface area contributed by atoms with Crippen molar-refractivity contribution in [2.75, 3.05) is 30.9 Å². The lowest BCUT2D eigenvalue weighted by Gasteiger charge is -2.25. The zero-order valence-corrected chi connectivity index (χ0v) is 15.5. The van der Waals surface area contributed by atoms with E-state index in [9.17, 15) is 4.79 Å². The monoisotopic (exact) mass is 367 g/mol. The number of likely N-dealkylation sites (N-methyl/N-ethyl adjacent to an activating group) is 1. The minimum absolute atomic E-state index is 0.211. The molecule has 1 atom stereocenters. The molecular weight excluding hydrogens is 349 g/mol. The fourth-order valence-electron chi connectivity index (χ4n) is 2.20. The van der Waals surface area contributed by atoms with Gasteiger partial charge in [-0.3, -0.25) is 4.79 Å². The minimum atomic E-state index is -0.719. The van der Waals surface area contributed by atoms with Crippen LogP contribution in [0, 0.1) is 0 Å². The third kappa shape index (κ3) is 4.10. The smallest absolute Gasteiger partial charge is 0.267 e. The molecule has 0 radical (unpaired) electrons. The molecule has 5 nitrogen and oxygen atoms in total. The first-order valence-corrected chi connectivity index (χ1v) is 8.08. The normalized spacial score (nSPS) is 11.8. The third-order valence-corrected chi connectivity index (χ3v) is 3.96. The van der Waals surface area contributed by atoms with Crippen LogP contribution < -0.4 is 14.5 Å². The Morgan fingerprint density at radius 2 is 1.92 bits per heavy atom. The molecule has 1 aromatic carbocycles. The number of pyridine rings is 1. The van der Waals surface area contributed by atoms with E-state index in [1.807, 2.05) is 25.1 Å². The molecule has 24 heavy (non-hydrogen) atoms. The molecule has 7 heteroatoms. The van der Waals surface area contributed by atoms with Crippen LogP contribution in [0.25, 0.3) is 0 Å². The molecule has 0 bridgehead atoms. The Balaban J connectivity index is 2.18. The Morgan fingerprint density at radius 3 is 2.54 bits per heavy atom. The molecule has 0 aliphatic heterocycles. The number of carbonyl (C=O) groups excluding carboxylic acids is 1. The molecule has 2 rings (SSSR count). The Hall–Kier alpha value is -1.98. The van der Waals surface area contributed by atoms with Crippen LogP contribution in [0.15, 0.2) is 36.5 Å². The Labute approximate surface area is 151 Å². The van der Waals surface area contributed by atoms with Gasteiger partial charge in [-0.05, 0) is 37.3 Å². The Morgan fingerprint density at radius 1 is 1.21 bits per heavy atom. The van der Waals surface area contributed by atoms with Gasteiger partial charge in [-0.2, -0.15) is 0 Å². The minimum Gasteiger partial charge on any atom is -0.479 e. The van der Waals surface area contributed by atoms with Crippen LogP contribution in [0.4, 0.5) is 11.5 Å². The largest absolute Gasteiger partial charge is 0.479 e. The molecule has 0 saturated heterocycles. The van der Waals surface area contributed by atoms with Crippen molar-refractivity contribution >= 4 is 40.6 Å². The summed E-state index contributed by atoms with van der Waals surface area (Å²) >= 11 is 12.0. The molecule has 0 N–H and O–H groups in total. The van der Waals surface area contributed by atoms with E-state index < -0.39 is 6.10 Å². The van der Waals surface area contributed by atoms with E-state index in [0.29, 0.717) is 27.3 Å². The van der Waals surface area contributed by atoms with Crippen molar-refractivity contribution in [2.45, 2.75) is 13.0 Å². The second-order valence-electron chi connectivity index (χ2n) is 5.47. The SMILES string of the molecule is CC(Oc1ccc(Cl)cc1Cl)C(=O)N(C)c1cccnc1N(C)C. The number of amides is 1. The molecule has 2 aromatic rings. The van der Waals surface area contributed by atoms with Gasteiger partial charge in [0.05, 0.1) is 10.7 Å². The highest BCUT2D eigenvalue weighted by molar-refractivity contribution is 6.35. The highest BCUT2D eigenvalue weighted by Crippen LogP contribution is 2.29. The number of hydrogen-bond acceptors (Lipinski definition) is 4. The quantitative estimate of drug-likeness (QED) is 0.804. The van der Waals surface area contributed by atoms with Gasteiger partial charge in [0, 0.05) is 32.4 Å². The number of rotatable bonds is 5. The molecule has 1 aromatic heterocycles. The van der Waals surface area contributed by atoms with Gasteiger partial charge in [0.1, 0.15) is 5.75 Å². The number of carbonyl (C=O) groups is 1. The van der Waals surface area contributed by atoms with E-state index in [0.717, 1.165) is 0 Å². The maximum absolute atomic E-state index is 12.7.